The Morgan fingerprint density at radius 3 is 2.08 bits per heavy atom. The number of piperazine rings is 1. The van der Waals surface area contributed by atoms with Crippen molar-refractivity contribution in [3.8, 4) is 0 Å². The van der Waals surface area contributed by atoms with Gasteiger partial charge in [0.2, 0.25) is 5.91 Å². The van der Waals surface area contributed by atoms with Crippen LogP contribution in [0.25, 0.3) is 0 Å². The quantitative estimate of drug-likeness (QED) is 0.896. The van der Waals surface area contributed by atoms with E-state index in [-0.39, 0.29) is 11.8 Å². The number of amides is 2. The minimum absolute atomic E-state index is 0.00287. The molecule has 0 radical (unpaired) electrons. The molecule has 0 aromatic heterocycles. The highest BCUT2D eigenvalue weighted by atomic mass is 16.2. The number of aryl methyl sites for hydroxylation is 1. The molecule has 1 fully saturated rings. The third kappa shape index (κ3) is 4.57. The maximum Gasteiger partial charge on any atom is 0.253 e. The van der Waals surface area contributed by atoms with Gasteiger partial charge in [-0.15, -0.1) is 0 Å². The van der Waals surface area contributed by atoms with Gasteiger partial charge in [0.15, 0.2) is 0 Å². The molecule has 1 aliphatic heterocycles. The average Bonchev–Trinajstić information content (AvgIpc) is 2.60. The highest BCUT2D eigenvalue weighted by molar-refractivity contribution is 5.94. The SMILES string of the molecule is CCc1ccc(C(=O)N2CCN(C(=O)[C@@H](N)CC(C)C)CC2)cc1. The summed E-state index contributed by atoms with van der Waals surface area (Å²) in [6.07, 6.45) is 1.66. The molecule has 1 saturated heterocycles. The molecule has 1 aromatic carbocycles. The summed E-state index contributed by atoms with van der Waals surface area (Å²) >= 11 is 0. The van der Waals surface area contributed by atoms with Crippen LogP contribution in [0.2, 0.25) is 0 Å². The van der Waals surface area contributed by atoms with Crippen LogP contribution in [0, 0.1) is 5.92 Å². The number of rotatable bonds is 5. The Bertz CT molecular complexity index is 560. The zero-order valence-corrected chi connectivity index (χ0v) is 15.0. The van der Waals surface area contributed by atoms with Crippen LogP contribution in [0.15, 0.2) is 24.3 Å². The third-order valence-corrected chi connectivity index (χ3v) is 4.53. The van der Waals surface area contributed by atoms with Gasteiger partial charge in [0.1, 0.15) is 0 Å². The van der Waals surface area contributed by atoms with Gasteiger partial charge in [-0.05, 0) is 36.5 Å². The minimum Gasteiger partial charge on any atom is -0.338 e. The van der Waals surface area contributed by atoms with E-state index in [1.807, 2.05) is 29.2 Å². The number of carbonyl (C=O) groups is 2. The Labute approximate surface area is 144 Å². The molecule has 0 unspecified atom stereocenters. The number of nitrogens with zero attached hydrogens (tertiary/aromatic N) is 2. The van der Waals surface area contributed by atoms with E-state index in [2.05, 4.69) is 20.8 Å². The Hall–Kier alpha value is -1.88. The lowest BCUT2D eigenvalue weighted by molar-refractivity contribution is -0.134. The fourth-order valence-corrected chi connectivity index (χ4v) is 3.04. The molecule has 5 nitrogen and oxygen atoms in total. The molecule has 0 bridgehead atoms. The molecule has 1 heterocycles. The van der Waals surface area contributed by atoms with Crippen LogP contribution >= 0.6 is 0 Å². The summed E-state index contributed by atoms with van der Waals surface area (Å²) in [7, 11) is 0. The van der Waals surface area contributed by atoms with E-state index < -0.39 is 6.04 Å². The van der Waals surface area contributed by atoms with Crippen molar-refractivity contribution in [2.75, 3.05) is 26.2 Å². The van der Waals surface area contributed by atoms with E-state index in [0.29, 0.717) is 44.1 Å². The maximum atomic E-state index is 12.6. The Morgan fingerprint density at radius 1 is 1.04 bits per heavy atom. The Morgan fingerprint density at radius 2 is 1.58 bits per heavy atom. The lowest BCUT2D eigenvalue weighted by Gasteiger charge is -2.36. The molecule has 1 atom stereocenters. The van der Waals surface area contributed by atoms with Gasteiger partial charge in [0.25, 0.3) is 5.91 Å². The third-order valence-electron chi connectivity index (χ3n) is 4.53. The van der Waals surface area contributed by atoms with Crippen LogP contribution in [-0.4, -0.2) is 53.8 Å². The summed E-state index contributed by atoms with van der Waals surface area (Å²) in [5, 5.41) is 0. The number of hydrogen-bond donors (Lipinski definition) is 1. The molecule has 1 aromatic rings. The van der Waals surface area contributed by atoms with Crippen molar-refractivity contribution in [1.82, 2.24) is 9.80 Å². The molecule has 2 N–H and O–H groups in total. The zero-order chi connectivity index (χ0) is 17.7. The first-order valence-corrected chi connectivity index (χ1v) is 8.85. The molecule has 0 aliphatic carbocycles. The summed E-state index contributed by atoms with van der Waals surface area (Å²) < 4.78 is 0. The van der Waals surface area contributed by atoms with Gasteiger partial charge in [0, 0.05) is 31.7 Å². The van der Waals surface area contributed by atoms with Gasteiger partial charge in [-0.1, -0.05) is 32.9 Å². The standard InChI is InChI=1S/C19H29N3O2/c1-4-15-5-7-16(8-6-15)18(23)21-9-11-22(12-10-21)19(24)17(20)13-14(2)3/h5-8,14,17H,4,9-13,20H2,1-3H3/t17-/m0/s1. The number of benzene rings is 1. The van der Waals surface area contributed by atoms with E-state index >= 15 is 0 Å². The van der Waals surface area contributed by atoms with Crippen LogP contribution in [0.1, 0.15) is 43.1 Å². The predicted octanol–water partition coefficient (Wildman–Crippen LogP) is 1.91. The van der Waals surface area contributed by atoms with Crippen LogP contribution in [0.3, 0.4) is 0 Å². The molecule has 5 heteroatoms. The van der Waals surface area contributed by atoms with Crippen LogP contribution < -0.4 is 5.73 Å². The van der Waals surface area contributed by atoms with Crippen LogP contribution in [0.5, 0.6) is 0 Å². The molecule has 2 amide bonds. The fraction of sp³-hybridized carbons (Fsp3) is 0.579. The van der Waals surface area contributed by atoms with Gasteiger partial charge >= 0.3 is 0 Å². The van der Waals surface area contributed by atoms with Crippen molar-refractivity contribution < 1.29 is 9.59 Å². The van der Waals surface area contributed by atoms with Crippen LogP contribution in [-0.2, 0) is 11.2 Å². The summed E-state index contributed by atoms with van der Waals surface area (Å²) in [6.45, 7) is 8.47. The molecule has 132 valence electrons. The van der Waals surface area contributed by atoms with Gasteiger partial charge in [-0.25, -0.2) is 0 Å². The second-order valence-corrected chi connectivity index (χ2v) is 6.90. The molecule has 0 spiro atoms. The molecule has 0 saturated carbocycles. The normalized spacial score (nSPS) is 16.4. The predicted molar refractivity (Wildman–Crippen MR) is 95.7 cm³/mol. The zero-order valence-electron chi connectivity index (χ0n) is 15.0. The van der Waals surface area contributed by atoms with E-state index in [1.54, 1.807) is 4.90 Å². The second-order valence-electron chi connectivity index (χ2n) is 6.90. The van der Waals surface area contributed by atoms with Crippen molar-refractivity contribution in [3.05, 3.63) is 35.4 Å². The summed E-state index contributed by atoms with van der Waals surface area (Å²) in [5.74, 6) is 0.442. The summed E-state index contributed by atoms with van der Waals surface area (Å²) in [5.41, 5.74) is 7.92. The molecular weight excluding hydrogens is 302 g/mol. The topological polar surface area (TPSA) is 66.6 Å². The van der Waals surface area contributed by atoms with Crippen molar-refractivity contribution >= 4 is 11.8 Å². The van der Waals surface area contributed by atoms with E-state index in [4.69, 9.17) is 5.73 Å². The van der Waals surface area contributed by atoms with Crippen molar-refractivity contribution in [1.29, 1.82) is 0 Å². The number of hydrogen-bond acceptors (Lipinski definition) is 3. The highest BCUT2D eigenvalue weighted by Gasteiger charge is 2.27. The van der Waals surface area contributed by atoms with Gasteiger partial charge in [-0.3, -0.25) is 9.59 Å². The molecule has 24 heavy (non-hydrogen) atoms. The second kappa shape index (κ2) is 8.29. The molecule has 1 aliphatic rings. The van der Waals surface area contributed by atoms with Crippen LogP contribution in [0.4, 0.5) is 0 Å². The smallest absolute Gasteiger partial charge is 0.253 e. The molecular formula is C19H29N3O2. The largest absolute Gasteiger partial charge is 0.338 e. The fourth-order valence-electron chi connectivity index (χ4n) is 3.04. The van der Waals surface area contributed by atoms with E-state index in [9.17, 15) is 9.59 Å². The highest BCUT2D eigenvalue weighted by Crippen LogP contribution is 2.12. The van der Waals surface area contributed by atoms with Crippen molar-refractivity contribution in [2.45, 2.75) is 39.7 Å². The number of nitrogens with two attached hydrogens (primary N) is 1. The Kier molecular flexibility index (Phi) is 6.37. The lowest BCUT2D eigenvalue weighted by Crippen LogP contribution is -2.54. The van der Waals surface area contributed by atoms with Crippen molar-refractivity contribution in [3.63, 3.8) is 0 Å². The minimum atomic E-state index is -0.436. The first kappa shape index (κ1) is 18.5. The first-order valence-electron chi connectivity index (χ1n) is 8.85. The van der Waals surface area contributed by atoms with Gasteiger partial charge < -0.3 is 15.5 Å². The Balaban J connectivity index is 1.89. The van der Waals surface area contributed by atoms with Crippen molar-refractivity contribution in [2.24, 2.45) is 11.7 Å². The van der Waals surface area contributed by atoms with Gasteiger partial charge in [0.05, 0.1) is 6.04 Å². The lowest BCUT2D eigenvalue weighted by atomic mass is 10.0. The van der Waals surface area contributed by atoms with Gasteiger partial charge in [-0.2, -0.15) is 0 Å². The summed E-state index contributed by atoms with van der Waals surface area (Å²) in [6, 6.07) is 7.33. The number of carbonyl (C=O) groups excluding carboxylic acids is 2. The molecule has 2 rings (SSSR count). The summed E-state index contributed by atoms with van der Waals surface area (Å²) in [4.78, 5) is 28.5. The monoisotopic (exact) mass is 331 g/mol. The average molecular weight is 331 g/mol. The maximum absolute atomic E-state index is 12.6. The van der Waals surface area contributed by atoms with E-state index in [0.717, 1.165) is 6.42 Å². The van der Waals surface area contributed by atoms with E-state index in [1.165, 1.54) is 5.56 Å². The first-order chi connectivity index (χ1) is 11.4.